The second kappa shape index (κ2) is 10.7. The molecule has 37 heavy (non-hydrogen) atoms. The van der Waals surface area contributed by atoms with Crippen molar-refractivity contribution < 1.29 is 39.1 Å². The molecule has 0 bridgehead atoms. The van der Waals surface area contributed by atoms with Crippen molar-refractivity contribution >= 4 is 47.3 Å². The molecule has 7 N–H and O–H groups in total. The normalized spacial score (nSPS) is 19.2. The molecule has 0 aliphatic carbocycles. The van der Waals surface area contributed by atoms with Crippen molar-refractivity contribution in [3.8, 4) is 5.75 Å². The lowest BCUT2D eigenvalue weighted by atomic mass is 9.72. The van der Waals surface area contributed by atoms with Crippen LogP contribution in [0.5, 0.6) is 5.75 Å². The van der Waals surface area contributed by atoms with Crippen LogP contribution in [-0.4, -0.2) is 92.8 Å². The van der Waals surface area contributed by atoms with E-state index < -0.39 is 49.1 Å². The van der Waals surface area contributed by atoms with Gasteiger partial charge in [-0.3, -0.25) is 24.6 Å². The van der Waals surface area contributed by atoms with Gasteiger partial charge < -0.3 is 35.8 Å². The number of nitrogens with one attached hydrogen (secondary N) is 2. The summed E-state index contributed by atoms with van der Waals surface area (Å²) in [4.78, 5) is 55.9. The number of rotatable bonds is 8. The Morgan fingerprint density at radius 1 is 1.32 bits per heavy atom. The van der Waals surface area contributed by atoms with Gasteiger partial charge in [-0.1, -0.05) is 12.1 Å². The van der Waals surface area contributed by atoms with E-state index in [1.54, 1.807) is 13.0 Å². The standard InChI is InChI=1S/C21H25BN6O8S/c1-2-27-6-7-28(18(31)17(27)30)21(34)26-14(12-9-37-20(23)24-12)16(29)25-13-8-10-4-3-5-11(19(32)33)15(10)36-22(13)35/h3-5,9,13-14,21,26,34-35H,2,6-8H2,1H3,(H2,23,24)(H,25,29)(H,32,33)/t13-,14?,21?/m0/s1. The molecular formula is C21H25BN6O8S. The lowest BCUT2D eigenvalue weighted by molar-refractivity contribution is -0.166. The summed E-state index contributed by atoms with van der Waals surface area (Å²) in [5.41, 5.74) is 6.21. The number of amides is 3. The summed E-state index contributed by atoms with van der Waals surface area (Å²) in [6, 6.07) is 3.16. The van der Waals surface area contributed by atoms with Crippen LogP contribution in [0.15, 0.2) is 23.6 Å². The molecule has 2 unspecified atom stereocenters. The molecular weight excluding hydrogens is 507 g/mol. The van der Waals surface area contributed by atoms with Gasteiger partial charge >= 0.3 is 24.9 Å². The third-order valence-corrected chi connectivity index (χ3v) is 6.80. The van der Waals surface area contributed by atoms with E-state index in [4.69, 9.17) is 10.4 Å². The first kappa shape index (κ1) is 26.3. The Morgan fingerprint density at radius 3 is 2.73 bits per heavy atom. The van der Waals surface area contributed by atoms with Crippen LogP contribution in [0, 0.1) is 0 Å². The average Bonchev–Trinajstić information content (AvgIpc) is 3.29. The topological polar surface area (TPSA) is 208 Å². The highest BCUT2D eigenvalue weighted by molar-refractivity contribution is 7.13. The zero-order valence-corrected chi connectivity index (χ0v) is 20.5. The van der Waals surface area contributed by atoms with Gasteiger partial charge in [-0.2, -0.15) is 0 Å². The molecule has 3 heterocycles. The van der Waals surface area contributed by atoms with E-state index in [-0.39, 0.29) is 41.6 Å². The number of thiazole rings is 1. The molecule has 4 rings (SSSR count). The van der Waals surface area contributed by atoms with Crippen LogP contribution in [0.1, 0.15) is 34.6 Å². The maximum absolute atomic E-state index is 13.3. The highest BCUT2D eigenvalue weighted by Crippen LogP contribution is 2.30. The molecule has 2 aromatic rings. The van der Waals surface area contributed by atoms with Crippen molar-refractivity contribution in [2.24, 2.45) is 0 Å². The molecule has 196 valence electrons. The monoisotopic (exact) mass is 532 g/mol. The van der Waals surface area contributed by atoms with Crippen molar-refractivity contribution in [3.63, 3.8) is 0 Å². The Morgan fingerprint density at radius 2 is 2.08 bits per heavy atom. The number of hydrogen-bond donors (Lipinski definition) is 6. The number of carboxylic acids is 1. The number of aromatic nitrogens is 1. The van der Waals surface area contributed by atoms with Crippen molar-refractivity contribution in [1.29, 1.82) is 0 Å². The smallest absolute Gasteiger partial charge is 0.534 e. The van der Waals surface area contributed by atoms with E-state index in [1.165, 1.54) is 22.4 Å². The number of likely N-dealkylation sites (N-methyl/N-ethyl adjacent to an activating group) is 1. The summed E-state index contributed by atoms with van der Waals surface area (Å²) in [6.45, 7) is 2.32. The fourth-order valence-electron chi connectivity index (χ4n) is 4.17. The molecule has 0 spiro atoms. The highest BCUT2D eigenvalue weighted by atomic mass is 32.1. The van der Waals surface area contributed by atoms with Gasteiger partial charge in [-0.25, -0.2) is 9.78 Å². The number of benzene rings is 1. The summed E-state index contributed by atoms with van der Waals surface area (Å²) in [5, 5.41) is 37.5. The number of anilines is 1. The predicted molar refractivity (Wildman–Crippen MR) is 130 cm³/mol. The van der Waals surface area contributed by atoms with Crippen molar-refractivity contribution in [2.45, 2.75) is 31.7 Å². The molecule has 1 aromatic heterocycles. The van der Waals surface area contributed by atoms with E-state index in [9.17, 15) is 34.4 Å². The minimum Gasteiger partial charge on any atom is -0.534 e. The largest absolute Gasteiger partial charge is 0.547 e. The van der Waals surface area contributed by atoms with Crippen LogP contribution in [0.4, 0.5) is 5.13 Å². The second-order valence-electron chi connectivity index (χ2n) is 8.39. The number of aliphatic hydroxyl groups excluding tert-OH is 1. The number of carbonyl (C=O) groups excluding carboxylic acids is 3. The van der Waals surface area contributed by atoms with E-state index in [2.05, 4.69) is 15.6 Å². The molecule has 16 heteroatoms. The number of nitrogens with two attached hydrogens (primary N) is 1. The number of carboxylic acid groups (broad SMARTS) is 1. The van der Waals surface area contributed by atoms with Gasteiger partial charge in [0.05, 0.1) is 17.2 Å². The van der Waals surface area contributed by atoms with E-state index in [1.807, 2.05) is 0 Å². The van der Waals surface area contributed by atoms with Gasteiger partial charge in [-0.05, 0) is 25.0 Å². The van der Waals surface area contributed by atoms with E-state index >= 15 is 0 Å². The van der Waals surface area contributed by atoms with Crippen molar-refractivity contribution in [3.05, 3.63) is 40.4 Å². The number of fused-ring (bicyclic) bond motifs is 1. The Hall–Kier alpha value is -3.73. The first-order chi connectivity index (χ1) is 17.6. The number of nitrogens with zero attached hydrogens (tertiary/aromatic N) is 3. The highest BCUT2D eigenvalue weighted by Gasteiger charge is 2.41. The average molecular weight is 532 g/mol. The SMILES string of the molecule is CCN1CCN(C(O)NC(C(=O)N[C@H]2Cc3cccc(C(=O)O)c3OB2O)c2csc(N)n2)C(=O)C1=O. The summed E-state index contributed by atoms with van der Waals surface area (Å²) < 4.78 is 5.41. The summed E-state index contributed by atoms with van der Waals surface area (Å²) >= 11 is 1.05. The van der Waals surface area contributed by atoms with Gasteiger partial charge in [0.1, 0.15) is 11.8 Å². The second-order valence-corrected chi connectivity index (χ2v) is 9.28. The maximum atomic E-state index is 13.3. The number of nitrogen functional groups attached to an aromatic ring is 1. The number of para-hydroxylation sites is 1. The Bertz CT molecular complexity index is 1230. The number of aliphatic hydroxyl groups is 1. The quantitative estimate of drug-likeness (QED) is 0.126. The number of aromatic carboxylic acids is 1. The number of piperazine rings is 1. The Balaban J connectivity index is 1.52. The lowest BCUT2D eigenvalue weighted by Crippen LogP contribution is -2.62. The molecule has 3 amide bonds. The third-order valence-electron chi connectivity index (χ3n) is 6.11. The fourth-order valence-corrected chi connectivity index (χ4v) is 4.76. The molecule has 2 aliphatic heterocycles. The van der Waals surface area contributed by atoms with E-state index in [0.29, 0.717) is 12.1 Å². The fraction of sp³-hybridized carbons (Fsp3) is 0.381. The molecule has 1 aromatic carbocycles. The minimum atomic E-state index is -1.71. The molecule has 0 radical (unpaired) electrons. The van der Waals surface area contributed by atoms with Crippen LogP contribution in [-0.2, 0) is 20.8 Å². The molecule has 14 nitrogen and oxygen atoms in total. The molecule has 1 fully saturated rings. The summed E-state index contributed by atoms with van der Waals surface area (Å²) in [7, 11) is -1.57. The molecule has 1 saturated heterocycles. The van der Waals surface area contributed by atoms with Crippen LogP contribution < -0.4 is 21.0 Å². The molecule has 2 aliphatic rings. The molecule has 3 atom stereocenters. The van der Waals surface area contributed by atoms with Gasteiger partial charge in [0.2, 0.25) is 5.91 Å². The Kier molecular flexibility index (Phi) is 7.63. The van der Waals surface area contributed by atoms with Crippen molar-refractivity contribution in [1.82, 2.24) is 25.4 Å². The van der Waals surface area contributed by atoms with Gasteiger partial charge in [0.25, 0.3) is 0 Å². The number of hydrogen-bond acceptors (Lipinski definition) is 11. The van der Waals surface area contributed by atoms with E-state index in [0.717, 1.165) is 16.2 Å². The Labute approximate surface area is 215 Å². The van der Waals surface area contributed by atoms with Gasteiger partial charge in [0.15, 0.2) is 11.5 Å². The lowest BCUT2D eigenvalue weighted by Gasteiger charge is -2.37. The predicted octanol–water partition coefficient (Wildman–Crippen LogP) is -1.84. The zero-order valence-electron chi connectivity index (χ0n) is 19.7. The summed E-state index contributed by atoms with van der Waals surface area (Å²) in [5.74, 6) is -4.61. The first-order valence-electron chi connectivity index (χ1n) is 11.4. The number of carbonyl (C=O) groups is 4. The minimum absolute atomic E-state index is 0.0137. The van der Waals surface area contributed by atoms with Crippen LogP contribution in [0.2, 0.25) is 0 Å². The van der Waals surface area contributed by atoms with Gasteiger partial charge in [0, 0.05) is 25.0 Å². The maximum Gasteiger partial charge on any atom is 0.547 e. The van der Waals surface area contributed by atoms with Crippen molar-refractivity contribution in [2.75, 3.05) is 25.4 Å². The first-order valence-corrected chi connectivity index (χ1v) is 12.2. The molecule has 0 saturated carbocycles. The zero-order chi connectivity index (χ0) is 26.9. The third kappa shape index (κ3) is 5.36. The van der Waals surface area contributed by atoms with Crippen LogP contribution in [0.25, 0.3) is 0 Å². The summed E-state index contributed by atoms with van der Waals surface area (Å²) in [6.07, 6.45) is -1.65. The van der Waals surface area contributed by atoms with Crippen LogP contribution >= 0.6 is 11.3 Å². The van der Waals surface area contributed by atoms with Gasteiger partial charge in [-0.15, -0.1) is 11.3 Å². The van der Waals surface area contributed by atoms with Crippen LogP contribution in [0.3, 0.4) is 0 Å².